The molecule has 0 saturated heterocycles. The predicted octanol–water partition coefficient (Wildman–Crippen LogP) is 2.24. The minimum Gasteiger partial charge on any atom is -0.491 e. The van der Waals surface area contributed by atoms with Crippen molar-refractivity contribution < 1.29 is 14.6 Å². The molecule has 0 saturated carbocycles. The minimum atomic E-state index is -0.949. The fourth-order valence-corrected chi connectivity index (χ4v) is 2.87. The summed E-state index contributed by atoms with van der Waals surface area (Å²) >= 11 is 1.58. The molecule has 3 rings (SSSR count). The summed E-state index contributed by atoms with van der Waals surface area (Å²) in [5.41, 5.74) is 4.00. The van der Waals surface area contributed by atoms with E-state index in [1.807, 2.05) is 17.0 Å². The van der Waals surface area contributed by atoms with Crippen LogP contribution in [0.4, 0.5) is 0 Å². The van der Waals surface area contributed by atoms with Crippen molar-refractivity contribution in [3.8, 4) is 5.75 Å². The number of thiazole rings is 1. The summed E-state index contributed by atoms with van der Waals surface area (Å²) < 4.78 is 5.65. The van der Waals surface area contributed by atoms with Crippen molar-refractivity contribution in [2.75, 3.05) is 13.2 Å². The number of fused-ring (bicyclic) bond motifs is 1. The fraction of sp³-hybridized carbons (Fsp3) is 0.286. The van der Waals surface area contributed by atoms with Crippen LogP contribution in [0.2, 0.25) is 0 Å². The molecule has 0 fully saturated rings. The molecule has 0 atom stereocenters. The second-order valence-corrected chi connectivity index (χ2v) is 5.36. The average molecular weight is 290 g/mol. The summed E-state index contributed by atoms with van der Waals surface area (Å²) in [6.07, 6.45) is 0. The number of carboxylic acid groups (broad SMARTS) is 1. The van der Waals surface area contributed by atoms with Crippen LogP contribution >= 0.6 is 11.3 Å². The number of benzene rings is 1. The molecule has 20 heavy (non-hydrogen) atoms. The summed E-state index contributed by atoms with van der Waals surface area (Å²) in [6, 6.07) is 5.26. The molecule has 6 heteroatoms. The Morgan fingerprint density at radius 2 is 2.40 bits per heavy atom. The maximum absolute atomic E-state index is 11.2. The van der Waals surface area contributed by atoms with Crippen molar-refractivity contribution in [3.05, 3.63) is 45.9 Å². The van der Waals surface area contributed by atoms with Gasteiger partial charge in [-0.25, -0.2) is 9.78 Å². The SMILES string of the molecule is O=C(O)c1cccc2c1OCCN(Cc1cscn1)C2. The van der Waals surface area contributed by atoms with Crippen LogP contribution < -0.4 is 4.74 Å². The number of carboxylic acids is 1. The zero-order chi connectivity index (χ0) is 13.9. The Bertz CT molecular complexity index is 613. The Morgan fingerprint density at radius 3 is 3.15 bits per heavy atom. The largest absolute Gasteiger partial charge is 0.491 e. The van der Waals surface area contributed by atoms with E-state index >= 15 is 0 Å². The highest BCUT2D eigenvalue weighted by molar-refractivity contribution is 7.07. The number of carbonyl (C=O) groups is 1. The van der Waals surface area contributed by atoms with Gasteiger partial charge in [0.05, 0.1) is 11.2 Å². The van der Waals surface area contributed by atoms with Gasteiger partial charge in [0.15, 0.2) is 0 Å². The smallest absolute Gasteiger partial charge is 0.339 e. The Balaban J connectivity index is 1.84. The van der Waals surface area contributed by atoms with Gasteiger partial charge in [-0.3, -0.25) is 4.90 Å². The number of aromatic carboxylic acids is 1. The lowest BCUT2D eigenvalue weighted by atomic mass is 10.1. The third-order valence-corrected chi connectivity index (χ3v) is 3.88. The van der Waals surface area contributed by atoms with Gasteiger partial charge >= 0.3 is 5.97 Å². The van der Waals surface area contributed by atoms with Crippen LogP contribution in [-0.2, 0) is 13.1 Å². The Labute approximate surface area is 120 Å². The van der Waals surface area contributed by atoms with Gasteiger partial charge in [-0.15, -0.1) is 11.3 Å². The molecule has 0 amide bonds. The lowest BCUT2D eigenvalue weighted by Gasteiger charge is -2.17. The molecular weight excluding hydrogens is 276 g/mol. The van der Waals surface area contributed by atoms with E-state index in [0.717, 1.165) is 24.3 Å². The number of aromatic nitrogens is 1. The van der Waals surface area contributed by atoms with Crippen molar-refractivity contribution in [3.63, 3.8) is 0 Å². The number of nitrogens with zero attached hydrogens (tertiary/aromatic N) is 2. The van der Waals surface area contributed by atoms with E-state index in [2.05, 4.69) is 9.88 Å². The third kappa shape index (κ3) is 2.66. The van der Waals surface area contributed by atoms with Gasteiger partial charge in [0.2, 0.25) is 0 Å². The molecule has 0 spiro atoms. The van der Waals surface area contributed by atoms with Gasteiger partial charge in [-0.1, -0.05) is 12.1 Å². The molecular formula is C14H14N2O3S. The second kappa shape index (κ2) is 5.60. The van der Waals surface area contributed by atoms with E-state index in [-0.39, 0.29) is 5.56 Å². The lowest BCUT2D eigenvalue weighted by molar-refractivity contribution is 0.0692. The normalized spacial score (nSPS) is 15.2. The molecule has 0 bridgehead atoms. The predicted molar refractivity (Wildman–Crippen MR) is 75.1 cm³/mol. The van der Waals surface area contributed by atoms with E-state index < -0.39 is 5.97 Å². The fourth-order valence-electron chi connectivity index (χ4n) is 2.32. The lowest BCUT2D eigenvalue weighted by Crippen LogP contribution is -2.25. The Hall–Kier alpha value is -1.92. The molecule has 1 aliphatic rings. The topological polar surface area (TPSA) is 62.7 Å². The van der Waals surface area contributed by atoms with Crippen molar-refractivity contribution in [1.29, 1.82) is 0 Å². The van der Waals surface area contributed by atoms with Crippen molar-refractivity contribution in [1.82, 2.24) is 9.88 Å². The molecule has 1 N–H and O–H groups in total. The standard InChI is InChI=1S/C14H14N2O3S/c17-14(18)12-3-1-2-10-6-16(4-5-19-13(10)12)7-11-8-20-9-15-11/h1-3,8-9H,4-7H2,(H,17,18). The van der Waals surface area contributed by atoms with Crippen LogP contribution in [0.15, 0.2) is 29.1 Å². The van der Waals surface area contributed by atoms with E-state index in [0.29, 0.717) is 18.9 Å². The van der Waals surface area contributed by atoms with Gasteiger partial charge in [-0.05, 0) is 6.07 Å². The highest BCUT2D eigenvalue weighted by Crippen LogP contribution is 2.28. The molecule has 1 aromatic heterocycles. The maximum Gasteiger partial charge on any atom is 0.339 e. The maximum atomic E-state index is 11.2. The van der Waals surface area contributed by atoms with E-state index in [4.69, 9.17) is 4.74 Å². The second-order valence-electron chi connectivity index (χ2n) is 4.64. The first kappa shape index (κ1) is 13.1. The molecule has 0 unspecified atom stereocenters. The number of ether oxygens (including phenoxy) is 1. The monoisotopic (exact) mass is 290 g/mol. The molecule has 2 aromatic rings. The number of hydrogen-bond acceptors (Lipinski definition) is 5. The summed E-state index contributed by atoms with van der Waals surface area (Å²) in [5.74, 6) is -0.449. The van der Waals surface area contributed by atoms with Gasteiger partial charge < -0.3 is 9.84 Å². The number of hydrogen-bond donors (Lipinski definition) is 1. The van der Waals surface area contributed by atoms with E-state index in [1.54, 1.807) is 23.5 Å². The summed E-state index contributed by atoms with van der Waals surface area (Å²) in [6.45, 7) is 2.67. The summed E-state index contributed by atoms with van der Waals surface area (Å²) in [5, 5.41) is 11.2. The van der Waals surface area contributed by atoms with Crippen molar-refractivity contribution in [2.45, 2.75) is 13.1 Å². The Kier molecular flexibility index (Phi) is 3.66. The van der Waals surface area contributed by atoms with Gasteiger partial charge in [0, 0.05) is 30.6 Å². The van der Waals surface area contributed by atoms with Gasteiger partial charge in [0.1, 0.15) is 17.9 Å². The van der Waals surface area contributed by atoms with E-state index in [9.17, 15) is 9.90 Å². The molecule has 5 nitrogen and oxygen atoms in total. The third-order valence-electron chi connectivity index (χ3n) is 3.24. The quantitative estimate of drug-likeness (QED) is 0.939. The van der Waals surface area contributed by atoms with Crippen molar-refractivity contribution in [2.24, 2.45) is 0 Å². The molecule has 0 aliphatic carbocycles. The summed E-state index contributed by atoms with van der Waals surface area (Å²) in [7, 11) is 0. The zero-order valence-corrected chi connectivity index (χ0v) is 11.6. The summed E-state index contributed by atoms with van der Waals surface area (Å²) in [4.78, 5) is 17.7. The van der Waals surface area contributed by atoms with Crippen LogP contribution in [0.3, 0.4) is 0 Å². The van der Waals surface area contributed by atoms with Crippen molar-refractivity contribution >= 4 is 17.3 Å². The minimum absolute atomic E-state index is 0.234. The van der Waals surface area contributed by atoms with Crippen LogP contribution in [0.25, 0.3) is 0 Å². The molecule has 0 radical (unpaired) electrons. The first-order valence-corrected chi connectivity index (χ1v) is 7.26. The number of para-hydroxylation sites is 1. The Morgan fingerprint density at radius 1 is 1.50 bits per heavy atom. The first-order chi connectivity index (χ1) is 9.74. The molecule has 1 aliphatic heterocycles. The van der Waals surface area contributed by atoms with Crippen LogP contribution in [0, 0.1) is 0 Å². The number of rotatable bonds is 3. The van der Waals surface area contributed by atoms with Gasteiger partial charge in [0.25, 0.3) is 0 Å². The zero-order valence-electron chi connectivity index (χ0n) is 10.8. The first-order valence-electron chi connectivity index (χ1n) is 6.31. The molecule has 104 valence electrons. The molecule has 1 aromatic carbocycles. The highest BCUT2D eigenvalue weighted by atomic mass is 32.1. The van der Waals surface area contributed by atoms with Crippen LogP contribution in [0.1, 0.15) is 21.6 Å². The van der Waals surface area contributed by atoms with Crippen LogP contribution in [-0.4, -0.2) is 34.1 Å². The average Bonchev–Trinajstić information content (AvgIpc) is 2.84. The van der Waals surface area contributed by atoms with Crippen LogP contribution in [0.5, 0.6) is 5.75 Å². The van der Waals surface area contributed by atoms with Gasteiger partial charge in [-0.2, -0.15) is 0 Å². The highest BCUT2D eigenvalue weighted by Gasteiger charge is 2.21. The van der Waals surface area contributed by atoms with E-state index in [1.165, 1.54) is 0 Å². The molecule has 2 heterocycles.